The van der Waals surface area contributed by atoms with Crippen LogP contribution in [0.3, 0.4) is 0 Å². The fourth-order valence-corrected chi connectivity index (χ4v) is 0.979. The minimum atomic E-state index is 0. The van der Waals surface area contributed by atoms with E-state index in [0.717, 1.165) is 18.6 Å². The lowest BCUT2D eigenvalue weighted by atomic mass is 9.99. The van der Waals surface area contributed by atoms with E-state index in [2.05, 4.69) is 0 Å². The Labute approximate surface area is 49.7 Å². The zero-order chi connectivity index (χ0) is 5.11. The predicted molar refractivity (Wildman–Crippen MR) is 34.4 cm³/mol. The Kier molecular flexibility index (Phi) is 3.44. The number of hydrogen-bond acceptors (Lipinski definition) is 1. The number of nitrogens with one attached hydrogen (secondary N) is 1. The molecule has 0 heterocycles. The molecule has 0 spiro atoms. The first-order valence-electron chi connectivity index (χ1n) is 2.96. The molecule has 0 radical (unpaired) electrons. The van der Waals surface area contributed by atoms with E-state index in [0.29, 0.717) is 0 Å². The summed E-state index contributed by atoms with van der Waals surface area (Å²) in [6.45, 7) is 0. The van der Waals surface area contributed by atoms with Gasteiger partial charge in [0.2, 0.25) is 0 Å². The van der Waals surface area contributed by atoms with E-state index in [-0.39, 0.29) is 5.48 Å². The van der Waals surface area contributed by atoms with Crippen LogP contribution in [-0.2, 0) is 0 Å². The first-order chi connectivity index (χ1) is 3.39. The van der Waals surface area contributed by atoms with Gasteiger partial charge < -0.3 is 10.9 Å². The zero-order valence-electron chi connectivity index (χ0n) is 5.04. The molecule has 0 atom stereocenters. The average Bonchev–Trinajstić information content (AvgIpc) is 1.69. The summed E-state index contributed by atoms with van der Waals surface area (Å²) in [5.41, 5.74) is 0.964. The molecule has 1 aliphatic rings. The summed E-state index contributed by atoms with van der Waals surface area (Å²) in [4.78, 5) is 0. The van der Waals surface area contributed by atoms with Crippen LogP contribution in [0.1, 0.15) is 32.1 Å². The molecule has 0 aliphatic heterocycles. The topological polar surface area (TPSA) is 55.4 Å². The van der Waals surface area contributed by atoms with Crippen LogP contribution < -0.4 is 0 Å². The van der Waals surface area contributed by atoms with Crippen LogP contribution >= 0.6 is 0 Å². The van der Waals surface area contributed by atoms with Crippen LogP contribution in [0.5, 0.6) is 0 Å². The van der Waals surface area contributed by atoms with Crippen LogP contribution in [0.2, 0.25) is 0 Å². The summed E-state index contributed by atoms with van der Waals surface area (Å²) in [7, 11) is 0. The van der Waals surface area contributed by atoms with Crippen molar-refractivity contribution in [1.29, 1.82) is 5.41 Å². The van der Waals surface area contributed by atoms with Crippen molar-refractivity contribution in [1.82, 2.24) is 0 Å². The normalized spacial score (nSPS) is 19.8. The van der Waals surface area contributed by atoms with Crippen LogP contribution in [0.25, 0.3) is 0 Å². The molecule has 0 unspecified atom stereocenters. The van der Waals surface area contributed by atoms with Gasteiger partial charge in [0.05, 0.1) is 0 Å². The summed E-state index contributed by atoms with van der Waals surface area (Å²) in [6.07, 6.45) is 6.01. The molecule has 0 bridgehead atoms. The maximum absolute atomic E-state index is 7.19. The van der Waals surface area contributed by atoms with Gasteiger partial charge in [-0.25, -0.2) is 0 Å². The molecule has 0 aromatic carbocycles. The smallest absolute Gasteiger partial charge is 0.00891 e. The third-order valence-corrected chi connectivity index (χ3v) is 1.46. The molecule has 1 saturated carbocycles. The van der Waals surface area contributed by atoms with E-state index in [4.69, 9.17) is 5.41 Å². The quantitative estimate of drug-likeness (QED) is 0.492. The van der Waals surface area contributed by atoms with Gasteiger partial charge in [0.15, 0.2) is 0 Å². The summed E-state index contributed by atoms with van der Waals surface area (Å²) < 4.78 is 0. The van der Waals surface area contributed by atoms with E-state index in [1.807, 2.05) is 0 Å². The van der Waals surface area contributed by atoms with Crippen molar-refractivity contribution in [2.75, 3.05) is 0 Å². The van der Waals surface area contributed by atoms with Gasteiger partial charge in [-0.15, -0.1) is 0 Å². The van der Waals surface area contributed by atoms with E-state index in [9.17, 15) is 0 Å². The first-order valence-corrected chi connectivity index (χ1v) is 2.96. The van der Waals surface area contributed by atoms with Crippen molar-refractivity contribution >= 4 is 5.71 Å². The second-order valence-corrected chi connectivity index (χ2v) is 2.16. The molecule has 1 aliphatic carbocycles. The van der Waals surface area contributed by atoms with Crippen LogP contribution in [0, 0.1) is 5.41 Å². The first kappa shape index (κ1) is 7.63. The maximum Gasteiger partial charge on any atom is 0.00891 e. The van der Waals surface area contributed by atoms with Gasteiger partial charge in [0, 0.05) is 5.71 Å². The molecule has 0 amide bonds. The summed E-state index contributed by atoms with van der Waals surface area (Å²) >= 11 is 0. The number of hydrogen-bond donors (Lipinski definition) is 1. The highest BCUT2D eigenvalue weighted by Gasteiger charge is 2.02. The van der Waals surface area contributed by atoms with Gasteiger partial charge in [-0.2, -0.15) is 0 Å². The van der Waals surface area contributed by atoms with Crippen molar-refractivity contribution in [3.8, 4) is 0 Å². The SMILES string of the molecule is N=C1CCCCC1.O. The molecule has 1 fully saturated rings. The third kappa shape index (κ3) is 2.07. The lowest BCUT2D eigenvalue weighted by Gasteiger charge is -2.08. The lowest BCUT2D eigenvalue weighted by Crippen LogP contribution is -2.01. The highest BCUT2D eigenvalue weighted by atomic mass is 16.0. The van der Waals surface area contributed by atoms with Gasteiger partial charge in [-0.05, 0) is 25.7 Å². The molecular weight excluding hydrogens is 102 g/mol. The predicted octanol–water partition coefficient (Wildman–Crippen LogP) is 1.15. The Morgan fingerprint density at radius 3 is 1.75 bits per heavy atom. The van der Waals surface area contributed by atoms with Crippen LogP contribution in [0.4, 0.5) is 0 Å². The monoisotopic (exact) mass is 115 g/mol. The minimum Gasteiger partial charge on any atom is -0.412 e. The molecule has 0 aromatic heterocycles. The molecule has 2 nitrogen and oxygen atoms in total. The van der Waals surface area contributed by atoms with E-state index in [1.54, 1.807) is 0 Å². The fraction of sp³-hybridized carbons (Fsp3) is 0.833. The van der Waals surface area contributed by atoms with Crippen LogP contribution in [0.15, 0.2) is 0 Å². The van der Waals surface area contributed by atoms with E-state index < -0.39 is 0 Å². The Bertz CT molecular complexity index is 72.6. The van der Waals surface area contributed by atoms with Gasteiger partial charge in [-0.3, -0.25) is 0 Å². The van der Waals surface area contributed by atoms with Crippen molar-refractivity contribution in [2.24, 2.45) is 0 Å². The van der Waals surface area contributed by atoms with Crippen molar-refractivity contribution in [2.45, 2.75) is 32.1 Å². The molecule has 3 N–H and O–H groups in total. The molecule has 1 rings (SSSR count). The summed E-state index contributed by atoms with van der Waals surface area (Å²) in [5, 5.41) is 7.19. The van der Waals surface area contributed by atoms with Crippen molar-refractivity contribution < 1.29 is 5.48 Å². The Morgan fingerprint density at radius 2 is 1.50 bits per heavy atom. The molecule has 2 heteroatoms. The third-order valence-electron chi connectivity index (χ3n) is 1.46. The van der Waals surface area contributed by atoms with Gasteiger partial charge >= 0.3 is 0 Å². The zero-order valence-corrected chi connectivity index (χ0v) is 5.04. The van der Waals surface area contributed by atoms with Crippen molar-refractivity contribution in [3.05, 3.63) is 0 Å². The van der Waals surface area contributed by atoms with E-state index >= 15 is 0 Å². The Morgan fingerprint density at radius 1 is 1.00 bits per heavy atom. The van der Waals surface area contributed by atoms with Crippen molar-refractivity contribution in [3.63, 3.8) is 0 Å². The van der Waals surface area contributed by atoms with Gasteiger partial charge in [-0.1, -0.05) is 6.42 Å². The lowest BCUT2D eigenvalue weighted by molar-refractivity contribution is 0.663. The highest BCUT2D eigenvalue weighted by Crippen LogP contribution is 2.12. The molecule has 48 valence electrons. The van der Waals surface area contributed by atoms with Crippen LogP contribution in [-0.4, -0.2) is 11.2 Å². The summed E-state index contributed by atoms with van der Waals surface area (Å²) in [6, 6.07) is 0. The Hall–Kier alpha value is -0.370. The maximum atomic E-state index is 7.19. The van der Waals surface area contributed by atoms with Gasteiger partial charge in [0.1, 0.15) is 0 Å². The number of rotatable bonds is 0. The largest absolute Gasteiger partial charge is 0.412 e. The molecule has 8 heavy (non-hydrogen) atoms. The highest BCUT2D eigenvalue weighted by molar-refractivity contribution is 5.81. The molecule has 0 saturated heterocycles. The summed E-state index contributed by atoms with van der Waals surface area (Å²) in [5.74, 6) is 0. The van der Waals surface area contributed by atoms with Gasteiger partial charge in [0.25, 0.3) is 0 Å². The standard InChI is InChI=1S/C6H11N.H2O/c7-6-4-2-1-3-5-6;/h7H,1-5H2;1H2. The minimum absolute atomic E-state index is 0. The van der Waals surface area contributed by atoms with E-state index in [1.165, 1.54) is 19.3 Å². The second-order valence-electron chi connectivity index (χ2n) is 2.16. The second kappa shape index (κ2) is 3.61. The Balaban J connectivity index is 0.000000490. The fourth-order valence-electron chi connectivity index (χ4n) is 0.979. The molecular formula is C6H13NO. The molecule has 0 aromatic rings. The average molecular weight is 115 g/mol.